The van der Waals surface area contributed by atoms with Crippen LogP contribution in [0.2, 0.25) is 0 Å². The summed E-state index contributed by atoms with van der Waals surface area (Å²) in [6.07, 6.45) is 4.21. The number of phenols is 1. The topological polar surface area (TPSA) is 108 Å². The lowest BCUT2D eigenvalue weighted by Crippen LogP contribution is -2.55. The van der Waals surface area contributed by atoms with Gasteiger partial charge in [0, 0.05) is 12.1 Å². The number of alkyl carbamates (subject to hydrolysis) is 1. The second-order valence-electron chi connectivity index (χ2n) is 11.0. The maximum absolute atomic E-state index is 14.0. The van der Waals surface area contributed by atoms with E-state index in [1.807, 2.05) is 27.0 Å². The molecule has 204 valence electrons. The fourth-order valence-electron chi connectivity index (χ4n) is 3.61. The van der Waals surface area contributed by atoms with Gasteiger partial charge >= 0.3 is 6.09 Å². The largest absolute Gasteiger partial charge is 0.508 e. The van der Waals surface area contributed by atoms with Crippen LogP contribution in [0.25, 0.3) is 0 Å². The van der Waals surface area contributed by atoms with Gasteiger partial charge in [-0.2, -0.15) is 11.8 Å². The van der Waals surface area contributed by atoms with Crippen molar-refractivity contribution in [1.29, 1.82) is 0 Å². The highest BCUT2D eigenvalue weighted by Gasteiger charge is 2.37. The van der Waals surface area contributed by atoms with E-state index < -0.39 is 29.3 Å². The molecule has 1 aromatic rings. The van der Waals surface area contributed by atoms with Gasteiger partial charge in [0.05, 0.1) is 0 Å². The Morgan fingerprint density at radius 1 is 1.06 bits per heavy atom. The third-order valence-electron chi connectivity index (χ3n) is 5.15. The van der Waals surface area contributed by atoms with Crippen molar-refractivity contribution in [3.63, 3.8) is 0 Å². The molecule has 2 unspecified atom stereocenters. The Kier molecular flexibility index (Phi) is 12.6. The van der Waals surface area contributed by atoms with Gasteiger partial charge in [-0.15, -0.1) is 0 Å². The van der Waals surface area contributed by atoms with Crippen molar-refractivity contribution in [2.45, 2.75) is 97.4 Å². The number of hydrogen-bond donors (Lipinski definition) is 3. The molecule has 36 heavy (non-hydrogen) atoms. The Hall–Kier alpha value is -2.42. The minimum absolute atomic E-state index is 0.0713. The first-order chi connectivity index (χ1) is 16.7. The first-order valence-electron chi connectivity index (χ1n) is 12.6. The standard InChI is InChI=1S/C27H45N3O5S/c1-9-10-11-17-30(24(33)21(16-18-36-8)28-25(34)35-27(5,6)7)22(23(32)29-26(2,3)4)19-12-14-20(31)15-13-19/h12-15,21-22,31H,9-11,16-18H2,1-8H3,(H,28,34)(H,29,32). The van der Waals surface area contributed by atoms with Crippen LogP contribution in [0.4, 0.5) is 4.79 Å². The van der Waals surface area contributed by atoms with Crippen molar-refractivity contribution < 1.29 is 24.2 Å². The van der Waals surface area contributed by atoms with Crippen molar-refractivity contribution in [3.05, 3.63) is 29.8 Å². The Labute approximate surface area is 220 Å². The van der Waals surface area contributed by atoms with E-state index in [0.717, 1.165) is 12.8 Å². The molecule has 2 atom stereocenters. The molecule has 0 aliphatic rings. The smallest absolute Gasteiger partial charge is 0.408 e. The number of phenolic OH excluding ortho intramolecular Hbond substituents is 1. The summed E-state index contributed by atoms with van der Waals surface area (Å²) in [5.41, 5.74) is -0.642. The first-order valence-corrected chi connectivity index (χ1v) is 14.0. The number of ether oxygens (including phenoxy) is 1. The van der Waals surface area contributed by atoms with Crippen molar-refractivity contribution in [2.24, 2.45) is 0 Å². The van der Waals surface area contributed by atoms with Crippen LogP contribution in [0.3, 0.4) is 0 Å². The third-order valence-corrected chi connectivity index (χ3v) is 5.80. The average molecular weight is 524 g/mol. The SMILES string of the molecule is CCCCCN(C(=O)C(CCSC)NC(=O)OC(C)(C)C)C(C(=O)NC(C)(C)C)c1ccc(O)cc1. The maximum Gasteiger partial charge on any atom is 0.408 e. The summed E-state index contributed by atoms with van der Waals surface area (Å²) in [6, 6.07) is 4.54. The van der Waals surface area contributed by atoms with Crippen LogP contribution in [0.15, 0.2) is 24.3 Å². The van der Waals surface area contributed by atoms with E-state index in [1.165, 1.54) is 12.1 Å². The molecule has 0 aromatic heterocycles. The summed E-state index contributed by atoms with van der Waals surface area (Å²) >= 11 is 1.57. The molecule has 1 aromatic carbocycles. The molecule has 1 rings (SSSR count). The Balaban J connectivity index is 3.46. The van der Waals surface area contributed by atoms with E-state index in [1.54, 1.807) is 49.6 Å². The number of amides is 3. The summed E-state index contributed by atoms with van der Waals surface area (Å²) in [5, 5.41) is 15.6. The number of nitrogens with one attached hydrogen (secondary N) is 2. The molecule has 0 aliphatic heterocycles. The van der Waals surface area contributed by atoms with Crippen molar-refractivity contribution in [3.8, 4) is 5.75 Å². The highest BCUT2D eigenvalue weighted by atomic mass is 32.2. The van der Waals surface area contributed by atoms with Crippen molar-refractivity contribution in [2.75, 3.05) is 18.6 Å². The van der Waals surface area contributed by atoms with Gasteiger partial charge in [0.2, 0.25) is 11.8 Å². The molecule has 0 saturated carbocycles. The number of carbonyl (C=O) groups is 3. The van der Waals surface area contributed by atoms with Gasteiger partial charge in [-0.05, 0) is 84.1 Å². The molecule has 0 aliphatic carbocycles. The van der Waals surface area contributed by atoms with E-state index >= 15 is 0 Å². The predicted octanol–water partition coefficient (Wildman–Crippen LogP) is 5.01. The molecule has 0 radical (unpaired) electrons. The monoisotopic (exact) mass is 523 g/mol. The van der Waals surface area contributed by atoms with Crippen LogP contribution in [-0.2, 0) is 14.3 Å². The van der Waals surface area contributed by atoms with Crippen LogP contribution in [0.5, 0.6) is 5.75 Å². The quantitative estimate of drug-likeness (QED) is 0.332. The maximum atomic E-state index is 14.0. The van der Waals surface area contributed by atoms with E-state index in [-0.39, 0.29) is 17.6 Å². The van der Waals surface area contributed by atoms with Gasteiger partial charge in [0.15, 0.2) is 0 Å². The fourth-order valence-corrected chi connectivity index (χ4v) is 4.08. The van der Waals surface area contributed by atoms with E-state index in [9.17, 15) is 19.5 Å². The van der Waals surface area contributed by atoms with Gasteiger partial charge in [-0.3, -0.25) is 9.59 Å². The second-order valence-corrected chi connectivity index (χ2v) is 11.9. The first kappa shape index (κ1) is 31.6. The Bertz CT molecular complexity index is 846. The van der Waals surface area contributed by atoms with Gasteiger partial charge in [-0.25, -0.2) is 4.79 Å². The number of thioether (sulfide) groups is 1. The lowest BCUT2D eigenvalue weighted by molar-refractivity contribution is -0.143. The van der Waals surface area contributed by atoms with Crippen LogP contribution in [0, 0.1) is 0 Å². The highest BCUT2D eigenvalue weighted by molar-refractivity contribution is 7.98. The molecule has 3 N–H and O–H groups in total. The zero-order valence-corrected chi connectivity index (χ0v) is 24.0. The molecule has 9 heteroatoms. The van der Waals surface area contributed by atoms with Crippen LogP contribution >= 0.6 is 11.8 Å². The highest BCUT2D eigenvalue weighted by Crippen LogP contribution is 2.26. The van der Waals surface area contributed by atoms with Gasteiger partial charge in [0.1, 0.15) is 23.4 Å². The molecule has 0 saturated heterocycles. The van der Waals surface area contributed by atoms with E-state index in [0.29, 0.717) is 30.7 Å². The Morgan fingerprint density at radius 2 is 1.67 bits per heavy atom. The predicted molar refractivity (Wildman–Crippen MR) is 146 cm³/mol. The summed E-state index contributed by atoms with van der Waals surface area (Å²) in [6.45, 7) is 13.4. The number of aromatic hydroxyl groups is 1. The van der Waals surface area contributed by atoms with Crippen molar-refractivity contribution >= 4 is 29.7 Å². The number of nitrogens with zero attached hydrogens (tertiary/aromatic N) is 1. The lowest BCUT2D eigenvalue weighted by Gasteiger charge is -2.36. The molecular weight excluding hydrogens is 478 g/mol. The Morgan fingerprint density at radius 3 is 2.17 bits per heavy atom. The second kappa shape index (κ2) is 14.4. The summed E-state index contributed by atoms with van der Waals surface area (Å²) < 4.78 is 5.41. The average Bonchev–Trinajstić information content (AvgIpc) is 2.74. The minimum atomic E-state index is -0.925. The summed E-state index contributed by atoms with van der Waals surface area (Å²) in [5.74, 6) is 0.0571. The zero-order valence-electron chi connectivity index (χ0n) is 23.1. The van der Waals surface area contributed by atoms with E-state index in [2.05, 4.69) is 17.6 Å². The molecule has 0 spiro atoms. The minimum Gasteiger partial charge on any atom is -0.508 e. The number of carbonyl (C=O) groups excluding carboxylic acids is 3. The molecular formula is C27H45N3O5S. The molecule has 0 heterocycles. The number of unbranched alkanes of at least 4 members (excludes halogenated alkanes) is 2. The van der Waals surface area contributed by atoms with Gasteiger partial charge < -0.3 is 25.4 Å². The number of hydrogen-bond acceptors (Lipinski definition) is 6. The number of benzene rings is 1. The van der Waals surface area contributed by atoms with Crippen molar-refractivity contribution in [1.82, 2.24) is 15.5 Å². The number of rotatable bonds is 12. The fraction of sp³-hybridized carbons (Fsp3) is 0.667. The van der Waals surface area contributed by atoms with Crippen LogP contribution < -0.4 is 10.6 Å². The summed E-state index contributed by atoms with van der Waals surface area (Å²) in [4.78, 5) is 41.8. The van der Waals surface area contributed by atoms with E-state index in [4.69, 9.17) is 4.74 Å². The van der Waals surface area contributed by atoms with Gasteiger partial charge in [0.25, 0.3) is 0 Å². The molecule has 3 amide bonds. The normalized spacial score (nSPS) is 13.4. The lowest BCUT2D eigenvalue weighted by atomic mass is 9.99. The molecule has 0 fully saturated rings. The van der Waals surface area contributed by atoms with Crippen LogP contribution in [0.1, 0.15) is 85.8 Å². The van der Waals surface area contributed by atoms with Gasteiger partial charge in [-0.1, -0.05) is 31.9 Å². The molecule has 8 nitrogen and oxygen atoms in total. The zero-order chi connectivity index (χ0) is 27.5. The van der Waals surface area contributed by atoms with Crippen LogP contribution in [-0.4, -0.2) is 63.6 Å². The summed E-state index contributed by atoms with van der Waals surface area (Å²) in [7, 11) is 0. The molecule has 0 bridgehead atoms. The third kappa shape index (κ3) is 11.5.